The highest BCUT2D eigenvalue weighted by atomic mass is 32.1. The summed E-state index contributed by atoms with van der Waals surface area (Å²) in [5.41, 5.74) is 3.77. The Morgan fingerprint density at radius 1 is 1.35 bits per heavy atom. The summed E-state index contributed by atoms with van der Waals surface area (Å²) in [6, 6.07) is 6.43. The molecule has 1 aliphatic heterocycles. The lowest BCUT2D eigenvalue weighted by molar-refractivity contribution is 0.0389. The minimum atomic E-state index is -0.947. The maximum atomic E-state index is 10.7. The van der Waals surface area contributed by atoms with Crippen molar-refractivity contribution in [2.24, 2.45) is 5.10 Å². The molecule has 2 rings (SSSR count). The highest BCUT2D eigenvalue weighted by Crippen LogP contribution is 2.02. The van der Waals surface area contributed by atoms with Gasteiger partial charge in [0.1, 0.15) is 0 Å². The molecule has 1 fully saturated rings. The van der Waals surface area contributed by atoms with E-state index in [0.717, 1.165) is 45.0 Å². The molecule has 1 saturated heterocycles. The van der Waals surface area contributed by atoms with E-state index < -0.39 is 5.97 Å². The Bertz CT molecular complexity index is 556. The zero-order valence-corrected chi connectivity index (χ0v) is 13.5. The molecule has 0 spiro atoms. The summed E-state index contributed by atoms with van der Waals surface area (Å²) in [5, 5.41) is 16.4. The van der Waals surface area contributed by atoms with Crippen LogP contribution in [0.1, 0.15) is 15.9 Å². The zero-order valence-electron chi connectivity index (χ0n) is 12.7. The number of aromatic carboxylic acids is 1. The first-order chi connectivity index (χ1) is 11.1. The second-order valence-electron chi connectivity index (χ2n) is 5.01. The van der Waals surface area contributed by atoms with E-state index in [1.807, 2.05) is 0 Å². The van der Waals surface area contributed by atoms with Crippen LogP contribution in [0.4, 0.5) is 0 Å². The van der Waals surface area contributed by atoms with Crippen molar-refractivity contribution in [3.05, 3.63) is 35.4 Å². The van der Waals surface area contributed by atoms with Crippen molar-refractivity contribution < 1.29 is 14.6 Å². The van der Waals surface area contributed by atoms with Crippen LogP contribution in [0.2, 0.25) is 0 Å². The fourth-order valence-electron chi connectivity index (χ4n) is 2.07. The summed E-state index contributed by atoms with van der Waals surface area (Å²) in [6.45, 7) is 5.13. The van der Waals surface area contributed by atoms with Crippen LogP contribution in [0.5, 0.6) is 0 Å². The van der Waals surface area contributed by atoms with Crippen LogP contribution in [0.25, 0.3) is 0 Å². The smallest absolute Gasteiger partial charge is 0.335 e. The molecular weight excluding hydrogens is 316 g/mol. The fraction of sp³-hybridized carbons (Fsp3) is 0.400. The number of rotatable bonds is 6. The molecule has 23 heavy (non-hydrogen) atoms. The van der Waals surface area contributed by atoms with Crippen LogP contribution in [-0.4, -0.2) is 66.7 Å². The number of carboxylic acids is 1. The van der Waals surface area contributed by atoms with Gasteiger partial charge >= 0.3 is 5.97 Å². The summed E-state index contributed by atoms with van der Waals surface area (Å²) >= 11 is 5.13. The number of benzene rings is 1. The number of hydrogen-bond acceptors (Lipinski definition) is 5. The Morgan fingerprint density at radius 2 is 2.04 bits per heavy atom. The van der Waals surface area contributed by atoms with E-state index in [9.17, 15) is 4.79 Å². The number of hydrogen-bond donors (Lipinski definition) is 3. The summed E-state index contributed by atoms with van der Waals surface area (Å²) in [7, 11) is 0. The molecule has 3 N–H and O–H groups in total. The second-order valence-corrected chi connectivity index (χ2v) is 5.42. The number of carbonyl (C=O) groups is 1. The molecule has 1 heterocycles. The topological polar surface area (TPSA) is 86.2 Å². The van der Waals surface area contributed by atoms with E-state index >= 15 is 0 Å². The van der Waals surface area contributed by atoms with Gasteiger partial charge in [-0.3, -0.25) is 10.3 Å². The highest BCUT2D eigenvalue weighted by Gasteiger charge is 2.09. The van der Waals surface area contributed by atoms with Crippen LogP contribution in [-0.2, 0) is 4.74 Å². The number of thiocarbonyl (C=S) groups is 1. The molecule has 0 radical (unpaired) electrons. The van der Waals surface area contributed by atoms with Crippen LogP contribution in [0, 0.1) is 0 Å². The first-order valence-electron chi connectivity index (χ1n) is 7.35. The van der Waals surface area contributed by atoms with Gasteiger partial charge in [-0.05, 0) is 29.9 Å². The largest absolute Gasteiger partial charge is 0.478 e. The lowest BCUT2D eigenvalue weighted by Gasteiger charge is -2.26. The standard InChI is InChI=1S/C15H20N4O3S/c20-14(21)13-3-1-12(2-4-13)11-17-18-15(23)16-5-6-19-7-9-22-10-8-19/h1-4,11H,5-10H2,(H,20,21)(H2,16,18,23)/b17-11-. The van der Waals surface area contributed by atoms with Gasteiger partial charge in [0, 0.05) is 26.2 Å². The molecule has 0 unspecified atom stereocenters. The van der Waals surface area contributed by atoms with E-state index in [2.05, 4.69) is 20.7 Å². The number of nitrogens with zero attached hydrogens (tertiary/aromatic N) is 2. The molecule has 1 aromatic rings. The van der Waals surface area contributed by atoms with E-state index in [4.69, 9.17) is 22.1 Å². The van der Waals surface area contributed by atoms with Crippen molar-refractivity contribution in [3.8, 4) is 0 Å². The van der Waals surface area contributed by atoms with E-state index in [-0.39, 0.29) is 5.56 Å². The van der Waals surface area contributed by atoms with Gasteiger partial charge in [0.05, 0.1) is 25.0 Å². The third kappa shape index (κ3) is 6.31. The summed E-state index contributed by atoms with van der Waals surface area (Å²) in [6.07, 6.45) is 1.58. The Labute approximate surface area is 140 Å². The quantitative estimate of drug-likeness (QED) is 0.396. The average Bonchev–Trinajstić information content (AvgIpc) is 2.56. The van der Waals surface area contributed by atoms with Crippen molar-refractivity contribution in [2.45, 2.75) is 0 Å². The molecular formula is C15H20N4O3S. The second kappa shape index (κ2) is 9.19. The molecule has 0 aromatic heterocycles. The van der Waals surface area contributed by atoms with Crippen molar-refractivity contribution in [3.63, 3.8) is 0 Å². The Balaban J connectivity index is 1.65. The van der Waals surface area contributed by atoms with Gasteiger partial charge in [0.15, 0.2) is 5.11 Å². The molecule has 1 aromatic carbocycles. The van der Waals surface area contributed by atoms with Gasteiger partial charge < -0.3 is 15.2 Å². The van der Waals surface area contributed by atoms with Gasteiger partial charge in [0.25, 0.3) is 0 Å². The molecule has 7 nitrogen and oxygen atoms in total. The molecule has 8 heteroatoms. The molecule has 0 saturated carbocycles. The Hall–Kier alpha value is -2.03. The summed E-state index contributed by atoms with van der Waals surface area (Å²) in [4.78, 5) is 13.1. The van der Waals surface area contributed by atoms with Gasteiger partial charge in [0.2, 0.25) is 0 Å². The third-order valence-electron chi connectivity index (χ3n) is 3.35. The van der Waals surface area contributed by atoms with E-state index in [1.165, 1.54) is 12.1 Å². The number of carboxylic acid groups (broad SMARTS) is 1. The molecule has 124 valence electrons. The van der Waals surface area contributed by atoms with Crippen LogP contribution in [0.3, 0.4) is 0 Å². The van der Waals surface area contributed by atoms with Crippen LogP contribution < -0.4 is 10.7 Å². The third-order valence-corrected chi connectivity index (χ3v) is 3.59. The number of hydrazone groups is 1. The number of morpholine rings is 1. The lowest BCUT2D eigenvalue weighted by atomic mass is 10.1. The normalized spacial score (nSPS) is 15.5. The lowest BCUT2D eigenvalue weighted by Crippen LogP contribution is -2.42. The Kier molecular flexibility index (Phi) is 6.92. The summed E-state index contributed by atoms with van der Waals surface area (Å²) in [5.74, 6) is -0.947. The Morgan fingerprint density at radius 3 is 2.70 bits per heavy atom. The fourth-order valence-corrected chi connectivity index (χ4v) is 2.22. The molecule has 0 amide bonds. The maximum absolute atomic E-state index is 10.7. The van der Waals surface area contributed by atoms with Gasteiger partial charge in [-0.15, -0.1) is 0 Å². The van der Waals surface area contributed by atoms with E-state index in [1.54, 1.807) is 18.3 Å². The molecule has 0 atom stereocenters. The average molecular weight is 336 g/mol. The van der Waals surface area contributed by atoms with Crippen molar-refractivity contribution in [2.75, 3.05) is 39.4 Å². The van der Waals surface area contributed by atoms with Crippen LogP contribution >= 0.6 is 12.2 Å². The van der Waals surface area contributed by atoms with Gasteiger partial charge in [-0.1, -0.05) is 12.1 Å². The van der Waals surface area contributed by atoms with Gasteiger partial charge in [-0.2, -0.15) is 5.10 Å². The summed E-state index contributed by atoms with van der Waals surface area (Å²) < 4.78 is 5.29. The minimum absolute atomic E-state index is 0.246. The predicted molar refractivity (Wildman–Crippen MR) is 92.0 cm³/mol. The predicted octanol–water partition coefficient (Wildman–Crippen LogP) is 0.515. The highest BCUT2D eigenvalue weighted by molar-refractivity contribution is 7.80. The molecule has 0 bridgehead atoms. The van der Waals surface area contributed by atoms with Crippen molar-refractivity contribution in [1.82, 2.24) is 15.6 Å². The van der Waals surface area contributed by atoms with Crippen molar-refractivity contribution in [1.29, 1.82) is 0 Å². The van der Waals surface area contributed by atoms with E-state index in [0.29, 0.717) is 5.11 Å². The molecule has 1 aliphatic rings. The zero-order chi connectivity index (χ0) is 16.5. The SMILES string of the molecule is O=C(O)c1ccc(/C=N\NC(=S)NCCN2CCOCC2)cc1. The minimum Gasteiger partial charge on any atom is -0.478 e. The first-order valence-corrected chi connectivity index (χ1v) is 7.76. The molecule has 0 aliphatic carbocycles. The number of nitrogens with one attached hydrogen (secondary N) is 2. The first kappa shape index (κ1) is 17.3. The van der Waals surface area contributed by atoms with Crippen LogP contribution in [0.15, 0.2) is 29.4 Å². The maximum Gasteiger partial charge on any atom is 0.335 e. The monoisotopic (exact) mass is 336 g/mol. The van der Waals surface area contributed by atoms with Crippen molar-refractivity contribution >= 4 is 29.5 Å². The number of ether oxygens (including phenoxy) is 1. The van der Waals surface area contributed by atoms with Gasteiger partial charge in [-0.25, -0.2) is 4.79 Å².